The van der Waals surface area contributed by atoms with Crippen LogP contribution in [0.1, 0.15) is 0 Å². The molecule has 5 nitrogen and oxygen atoms in total. The van der Waals surface area contributed by atoms with Crippen molar-refractivity contribution >= 4 is 81.7 Å². The molecule has 12 rings (SSSR count). The van der Waals surface area contributed by atoms with E-state index in [1.165, 1.54) is 32.4 Å². The van der Waals surface area contributed by atoms with Crippen molar-refractivity contribution in [2.45, 2.75) is 0 Å². The number of benzene rings is 9. The van der Waals surface area contributed by atoms with Gasteiger partial charge in [-0.15, -0.1) is 0 Å². The minimum absolute atomic E-state index is 0.154. The van der Waals surface area contributed by atoms with Crippen molar-refractivity contribution < 1.29 is 0 Å². The van der Waals surface area contributed by atoms with Crippen molar-refractivity contribution in [3.8, 4) is 22.5 Å². The molecule has 0 aliphatic carbocycles. The zero-order valence-corrected chi connectivity index (χ0v) is 29.5. The highest BCUT2D eigenvalue weighted by atomic mass is 16.1. The molecule has 9 aromatic carbocycles. The molecule has 0 aliphatic rings. The Balaban J connectivity index is 1.15. The number of hydrogen-bond acceptors (Lipinski definition) is 2. The predicted molar refractivity (Wildman–Crippen MR) is 228 cm³/mol. The van der Waals surface area contributed by atoms with Crippen LogP contribution in [0.3, 0.4) is 0 Å². The molecule has 0 saturated carbocycles. The van der Waals surface area contributed by atoms with E-state index < -0.39 is 0 Å². The standard InChI is InChI=1S/C50H30N4O/c55-50-53(34-24-26-39-37-16-5-4-14-35(37)36-15-6-7-17-38(36)42(39)30-34)48-29-32(22-25-41(48)49-51-44-19-9-11-21-47(44)54(49)50)31-23-27-46-43(28-31)40-18-8-10-20-45(40)52(46)33-12-2-1-3-13-33/h1-30H. The second-order valence-corrected chi connectivity index (χ2v) is 14.4. The molecule has 0 fully saturated rings. The number of nitrogens with zero attached hydrogens (tertiary/aromatic N) is 4. The van der Waals surface area contributed by atoms with Gasteiger partial charge in [0.25, 0.3) is 0 Å². The quantitative estimate of drug-likeness (QED) is 0.172. The molecule has 256 valence electrons. The van der Waals surface area contributed by atoms with Crippen molar-refractivity contribution in [3.63, 3.8) is 0 Å². The topological polar surface area (TPSA) is 44.2 Å². The zero-order chi connectivity index (χ0) is 36.2. The highest BCUT2D eigenvalue weighted by molar-refractivity contribution is 6.25. The molecule has 0 amide bonds. The van der Waals surface area contributed by atoms with Gasteiger partial charge in [-0.2, -0.15) is 0 Å². The lowest BCUT2D eigenvalue weighted by molar-refractivity contribution is 0.933. The summed E-state index contributed by atoms with van der Waals surface area (Å²) in [5.41, 5.74) is 9.24. The van der Waals surface area contributed by atoms with Crippen LogP contribution in [0.25, 0.3) is 104 Å². The van der Waals surface area contributed by atoms with E-state index in [9.17, 15) is 0 Å². The number of fused-ring (bicyclic) bond motifs is 14. The number of hydrogen-bond donors (Lipinski definition) is 0. The molecule has 3 aromatic heterocycles. The third kappa shape index (κ3) is 4.23. The van der Waals surface area contributed by atoms with E-state index in [4.69, 9.17) is 4.98 Å². The summed E-state index contributed by atoms with van der Waals surface area (Å²) in [6.45, 7) is 0. The van der Waals surface area contributed by atoms with Gasteiger partial charge in [-0.05, 0) is 110 Å². The lowest BCUT2D eigenvalue weighted by Crippen LogP contribution is -2.25. The van der Waals surface area contributed by atoms with Crippen molar-refractivity contribution in [2.24, 2.45) is 0 Å². The Labute approximate surface area is 314 Å². The van der Waals surface area contributed by atoms with Crippen LogP contribution < -0.4 is 5.69 Å². The summed E-state index contributed by atoms with van der Waals surface area (Å²) in [6, 6.07) is 63.7. The van der Waals surface area contributed by atoms with Gasteiger partial charge in [0.2, 0.25) is 0 Å². The molecule has 55 heavy (non-hydrogen) atoms. The van der Waals surface area contributed by atoms with Gasteiger partial charge in [0.15, 0.2) is 5.65 Å². The number of rotatable bonds is 3. The van der Waals surface area contributed by atoms with Gasteiger partial charge >= 0.3 is 5.69 Å². The number of aromatic nitrogens is 4. The molecule has 5 heteroatoms. The average molecular weight is 703 g/mol. The van der Waals surface area contributed by atoms with Crippen LogP contribution in [0.5, 0.6) is 0 Å². The van der Waals surface area contributed by atoms with Gasteiger partial charge in [0.1, 0.15) is 0 Å². The van der Waals surface area contributed by atoms with Crippen molar-refractivity contribution in [1.82, 2.24) is 18.5 Å². The van der Waals surface area contributed by atoms with Gasteiger partial charge in [0.05, 0.1) is 33.3 Å². The maximum Gasteiger partial charge on any atom is 0.339 e. The molecule has 0 saturated heterocycles. The predicted octanol–water partition coefficient (Wildman–Crippen LogP) is 12.0. The first-order chi connectivity index (χ1) is 27.2. The largest absolute Gasteiger partial charge is 0.339 e. The first kappa shape index (κ1) is 30.0. The van der Waals surface area contributed by atoms with Crippen LogP contribution >= 0.6 is 0 Å². The van der Waals surface area contributed by atoms with Crippen LogP contribution in [-0.2, 0) is 0 Å². The Kier molecular flexibility index (Phi) is 6.14. The molecule has 12 aromatic rings. The summed E-state index contributed by atoms with van der Waals surface area (Å²) in [4.78, 5) is 20.0. The van der Waals surface area contributed by atoms with Crippen molar-refractivity contribution in [2.75, 3.05) is 0 Å². The minimum atomic E-state index is -0.154. The van der Waals surface area contributed by atoms with E-state index in [-0.39, 0.29) is 5.69 Å². The summed E-state index contributed by atoms with van der Waals surface area (Å²) in [5.74, 6) is 0. The highest BCUT2D eigenvalue weighted by Crippen LogP contribution is 2.38. The van der Waals surface area contributed by atoms with E-state index in [1.807, 2.05) is 28.8 Å². The lowest BCUT2D eigenvalue weighted by atomic mass is 9.94. The molecule has 0 spiro atoms. The van der Waals surface area contributed by atoms with Crippen LogP contribution in [-0.4, -0.2) is 18.5 Å². The van der Waals surface area contributed by atoms with E-state index in [0.717, 1.165) is 66.1 Å². The van der Waals surface area contributed by atoms with Gasteiger partial charge in [-0.1, -0.05) is 115 Å². The summed E-state index contributed by atoms with van der Waals surface area (Å²) < 4.78 is 5.98. The molecule has 0 N–H and O–H groups in total. The SMILES string of the molecule is O=c1n(-c2ccc3c4ccccc4c4ccccc4c3c2)c2cc(-c3ccc4c(c3)c3ccccc3n4-c3ccccc3)ccc2c2nc3ccccc3n12. The highest BCUT2D eigenvalue weighted by Gasteiger charge is 2.19. The molecule has 0 bridgehead atoms. The van der Waals surface area contributed by atoms with Crippen LogP contribution in [0.4, 0.5) is 0 Å². The van der Waals surface area contributed by atoms with E-state index in [1.54, 1.807) is 4.40 Å². The number of para-hydroxylation sites is 4. The second kappa shape index (κ2) is 11.3. The van der Waals surface area contributed by atoms with Crippen molar-refractivity contribution in [3.05, 3.63) is 192 Å². The second-order valence-electron chi connectivity index (χ2n) is 14.4. The van der Waals surface area contributed by atoms with Gasteiger partial charge < -0.3 is 4.57 Å². The van der Waals surface area contributed by atoms with Gasteiger partial charge in [-0.3, -0.25) is 4.57 Å². The molecular weight excluding hydrogens is 673 g/mol. The Morgan fingerprint density at radius 3 is 1.67 bits per heavy atom. The first-order valence-corrected chi connectivity index (χ1v) is 18.6. The third-order valence-corrected chi connectivity index (χ3v) is 11.4. The molecule has 0 aliphatic heterocycles. The van der Waals surface area contributed by atoms with E-state index >= 15 is 4.79 Å². The summed E-state index contributed by atoms with van der Waals surface area (Å²) in [7, 11) is 0. The number of imidazole rings is 1. The summed E-state index contributed by atoms with van der Waals surface area (Å²) in [5, 5.41) is 10.3. The van der Waals surface area contributed by atoms with Gasteiger partial charge in [-0.25, -0.2) is 14.2 Å². The maximum absolute atomic E-state index is 15.0. The van der Waals surface area contributed by atoms with Gasteiger partial charge in [0, 0.05) is 21.8 Å². The normalized spacial score (nSPS) is 12.1. The Morgan fingerprint density at radius 1 is 0.345 bits per heavy atom. The fourth-order valence-corrected chi connectivity index (χ4v) is 8.98. The minimum Gasteiger partial charge on any atom is -0.309 e. The average Bonchev–Trinajstić information content (AvgIpc) is 3.80. The van der Waals surface area contributed by atoms with E-state index in [2.05, 4.69) is 162 Å². The molecule has 3 heterocycles. The summed E-state index contributed by atoms with van der Waals surface area (Å²) >= 11 is 0. The fourth-order valence-electron chi connectivity index (χ4n) is 8.98. The molecular formula is C50H30N4O. The molecule has 0 radical (unpaired) electrons. The lowest BCUT2D eigenvalue weighted by Gasteiger charge is -2.16. The van der Waals surface area contributed by atoms with Crippen LogP contribution in [0.2, 0.25) is 0 Å². The zero-order valence-electron chi connectivity index (χ0n) is 29.5. The fraction of sp³-hybridized carbons (Fsp3) is 0. The smallest absolute Gasteiger partial charge is 0.309 e. The molecule has 0 atom stereocenters. The first-order valence-electron chi connectivity index (χ1n) is 18.6. The Bertz CT molecular complexity index is 3590. The summed E-state index contributed by atoms with van der Waals surface area (Å²) in [6.07, 6.45) is 0. The van der Waals surface area contributed by atoms with Crippen LogP contribution in [0.15, 0.2) is 187 Å². The Morgan fingerprint density at radius 2 is 0.909 bits per heavy atom. The monoisotopic (exact) mass is 702 g/mol. The third-order valence-electron chi connectivity index (χ3n) is 11.4. The van der Waals surface area contributed by atoms with E-state index in [0.29, 0.717) is 5.65 Å². The Hall–Kier alpha value is -7.50. The molecule has 0 unspecified atom stereocenters. The maximum atomic E-state index is 15.0. The van der Waals surface area contributed by atoms with Crippen LogP contribution in [0, 0.1) is 0 Å². The van der Waals surface area contributed by atoms with Crippen molar-refractivity contribution in [1.29, 1.82) is 0 Å².